The summed E-state index contributed by atoms with van der Waals surface area (Å²) >= 11 is 0. The first-order valence-corrected chi connectivity index (χ1v) is 27.6. The summed E-state index contributed by atoms with van der Waals surface area (Å²) in [6, 6.07) is 66.8. The summed E-state index contributed by atoms with van der Waals surface area (Å²) in [7, 11) is -2.02. The zero-order valence-electron chi connectivity index (χ0n) is 40.1. The van der Waals surface area contributed by atoms with Crippen LogP contribution < -0.4 is 31.8 Å². The molecule has 10 rings (SSSR count). The number of allylic oxidation sites excluding steroid dienone is 1. The Balaban J connectivity index is 1.03. The van der Waals surface area contributed by atoms with Gasteiger partial charge >= 0.3 is 11.9 Å². The number of ether oxygens (including phenoxy) is 2. The number of benzene rings is 8. The van der Waals surface area contributed by atoms with Crippen molar-refractivity contribution in [3.8, 4) is 11.1 Å². The number of carbonyl (C=O) groups excluding carboxylic acids is 2. The van der Waals surface area contributed by atoms with E-state index in [9.17, 15) is 9.59 Å². The van der Waals surface area contributed by atoms with E-state index >= 15 is 0 Å². The Bertz CT molecular complexity index is 3070. The van der Waals surface area contributed by atoms with E-state index in [2.05, 4.69) is 189 Å². The van der Waals surface area contributed by atoms with E-state index < -0.39 is 15.8 Å². The van der Waals surface area contributed by atoms with Gasteiger partial charge in [0.1, 0.15) is 0 Å². The van der Waals surface area contributed by atoms with E-state index in [1.165, 1.54) is 71.8 Å². The minimum atomic E-state index is -1.02. The van der Waals surface area contributed by atoms with Crippen LogP contribution in [0.4, 0.5) is 0 Å². The number of hydrogen-bond donors (Lipinski definition) is 0. The Kier molecular flexibility index (Phi) is 14.9. The molecule has 0 amide bonds. The minimum absolute atomic E-state index is 0.246. The second-order valence-corrected chi connectivity index (χ2v) is 23.4. The molecule has 4 unspecified atom stereocenters. The molecular formula is C64H60O4P2. The molecule has 8 aromatic carbocycles. The predicted molar refractivity (Wildman–Crippen MR) is 296 cm³/mol. The maximum atomic E-state index is 13.6. The van der Waals surface area contributed by atoms with Crippen molar-refractivity contribution in [3.05, 3.63) is 211 Å². The van der Waals surface area contributed by atoms with Crippen molar-refractivity contribution in [2.75, 3.05) is 13.2 Å². The SMILES string of the molecule is C/C=C/C(=O)OCC1CC2CCC(CCOC(=O)/C=C/c3cccc4c(-c5c(P(c6ccccc6)c6ccccc6)ccc6c(C)cccc56)c(P(c5ccccc5)c5ccccc5)ccc34)CC2C1. The highest BCUT2D eigenvalue weighted by Gasteiger charge is 2.39. The standard InChI is InChI=1S/C64H60O4P2/c1-3-18-61(65)68-44-47-42-49-32-31-46(41-50(49)43-47)39-40-67-62(66)38-33-48-20-17-30-58-56(48)35-37-60(70(53-25-12-6-13-26-53)54-27-14-7-15-28-54)64(58)63-57-29-16-19-45(2)55(57)34-36-59(63)69(51-21-8-4-9-22-51)52-23-10-5-11-24-52/h3-30,33-38,46-47,49-50H,31-32,39-44H2,1-2H3/b18-3+,38-33+. The first kappa shape index (κ1) is 47.2. The van der Waals surface area contributed by atoms with Gasteiger partial charge in [0.05, 0.1) is 13.2 Å². The smallest absolute Gasteiger partial charge is 0.330 e. The van der Waals surface area contributed by atoms with Crippen LogP contribution in [0.3, 0.4) is 0 Å². The normalized spacial score (nSPS) is 18.0. The lowest BCUT2D eigenvalue weighted by molar-refractivity contribution is -0.139. The molecule has 0 N–H and O–H groups in total. The molecule has 0 aromatic heterocycles. The lowest BCUT2D eigenvalue weighted by atomic mass is 9.75. The second kappa shape index (κ2) is 22.1. The number of rotatable bonds is 15. The Morgan fingerprint density at radius 1 is 0.500 bits per heavy atom. The van der Waals surface area contributed by atoms with Crippen molar-refractivity contribution >= 4 is 87.2 Å². The van der Waals surface area contributed by atoms with E-state index in [0.717, 1.165) is 48.4 Å². The molecule has 2 fully saturated rings. The van der Waals surface area contributed by atoms with Crippen molar-refractivity contribution in [1.29, 1.82) is 0 Å². The molecule has 2 aliphatic rings. The van der Waals surface area contributed by atoms with Crippen LogP contribution in [0.25, 0.3) is 38.7 Å². The molecule has 350 valence electrons. The number of carbonyl (C=O) groups is 2. The van der Waals surface area contributed by atoms with E-state index in [-0.39, 0.29) is 11.9 Å². The Morgan fingerprint density at radius 2 is 1.00 bits per heavy atom. The van der Waals surface area contributed by atoms with Gasteiger partial charge in [0.15, 0.2) is 0 Å². The molecule has 4 nitrogen and oxygen atoms in total. The average Bonchev–Trinajstić information content (AvgIpc) is 3.81. The number of esters is 2. The summed E-state index contributed by atoms with van der Waals surface area (Å²) in [4.78, 5) is 25.5. The fourth-order valence-electron chi connectivity index (χ4n) is 11.4. The van der Waals surface area contributed by atoms with Crippen molar-refractivity contribution < 1.29 is 19.1 Å². The molecule has 0 radical (unpaired) electrons. The fraction of sp³-hybridized carbons (Fsp3) is 0.219. The monoisotopic (exact) mass is 954 g/mol. The van der Waals surface area contributed by atoms with Gasteiger partial charge in [-0.25, -0.2) is 9.59 Å². The highest BCUT2D eigenvalue weighted by molar-refractivity contribution is 7.80. The van der Waals surface area contributed by atoms with Crippen LogP contribution in [-0.4, -0.2) is 25.2 Å². The Hall–Kier alpha value is -6.44. The maximum absolute atomic E-state index is 13.6. The first-order chi connectivity index (χ1) is 34.4. The number of aryl methyl sites for hydroxylation is 1. The highest BCUT2D eigenvalue weighted by Crippen LogP contribution is 2.49. The summed E-state index contributed by atoms with van der Waals surface area (Å²) in [6.45, 7) is 4.98. The lowest BCUT2D eigenvalue weighted by Gasteiger charge is -2.31. The largest absolute Gasteiger partial charge is 0.463 e. The quantitative estimate of drug-likeness (QED) is 0.0584. The van der Waals surface area contributed by atoms with Gasteiger partial charge in [-0.3, -0.25) is 0 Å². The molecule has 0 heterocycles. The lowest BCUT2D eigenvalue weighted by Crippen LogP contribution is -2.26. The fourth-order valence-corrected chi connectivity index (χ4v) is 16.3. The van der Waals surface area contributed by atoms with Crippen molar-refractivity contribution in [2.45, 2.75) is 52.4 Å². The zero-order chi connectivity index (χ0) is 47.8. The van der Waals surface area contributed by atoms with Crippen LogP contribution in [-0.2, 0) is 19.1 Å². The van der Waals surface area contributed by atoms with Gasteiger partial charge in [-0.05, 0) is 167 Å². The topological polar surface area (TPSA) is 52.6 Å². The van der Waals surface area contributed by atoms with Gasteiger partial charge in [0.2, 0.25) is 0 Å². The van der Waals surface area contributed by atoms with Gasteiger partial charge < -0.3 is 9.47 Å². The van der Waals surface area contributed by atoms with Crippen LogP contribution >= 0.6 is 15.8 Å². The maximum Gasteiger partial charge on any atom is 0.330 e. The molecule has 2 saturated carbocycles. The summed E-state index contributed by atoms with van der Waals surface area (Å²) in [6.07, 6.45) is 13.4. The molecule has 4 atom stereocenters. The third-order valence-corrected chi connectivity index (χ3v) is 19.5. The van der Waals surface area contributed by atoms with Crippen molar-refractivity contribution in [3.63, 3.8) is 0 Å². The van der Waals surface area contributed by atoms with Crippen LogP contribution in [0.15, 0.2) is 200 Å². The summed E-state index contributed by atoms with van der Waals surface area (Å²) in [5.74, 6) is 1.79. The van der Waals surface area contributed by atoms with E-state index in [0.29, 0.717) is 36.9 Å². The highest BCUT2D eigenvalue weighted by atomic mass is 31.1. The van der Waals surface area contributed by atoms with Crippen LogP contribution in [0.2, 0.25) is 0 Å². The molecule has 0 saturated heterocycles. The van der Waals surface area contributed by atoms with Gasteiger partial charge in [-0.1, -0.05) is 194 Å². The first-order valence-electron chi connectivity index (χ1n) is 25.0. The summed E-state index contributed by atoms with van der Waals surface area (Å²) in [5.41, 5.74) is 4.71. The Morgan fingerprint density at radius 3 is 1.57 bits per heavy atom. The van der Waals surface area contributed by atoms with Crippen LogP contribution in [0.1, 0.15) is 56.6 Å². The predicted octanol–water partition coefficient (Wildman–Crippen LogP) is 13.0. The summed E-state index contributed by atoms with van der Waals surface area (Å²) < 4.78 is 11.5. The molecular weight excluding hydrogens is 895 g/mol. The van der Waals surface area contributed by atoms with E-state index in [1.54, 1.807) is 12.2 Å². The van der Waals surface area contributed by atoms with E-state index in [4.69, 9.17) is 9.47 Å². The third-order valence-electron chi connectivity index (χ3n) is 14.6. The molecule has 0 spiro atoms. The van der Waals surface area contributed by atoms with Gasteiger partial charge in [0, 0.05) is 12.2 Å². The molecule has 0 aliphatic heterocycles. The van der Waals surface area contributed by atoms with Crippen molar-refractivity contribution in [1.82, 2.24) is 0 Å². The van der Waals surface area contributed by atoms with Crippen LogP contribution in [0.5, 0.6) is 0 Å². The Labute approximate surface area is 416 Å². The van der Waals surface area contributed by atoms with Gasteiger partial charge in [-0.15, -0.1) is 0 Å². The average molecular weight is 955 g/mol. The summed E-state index contributed by atoms with van der Waals surface area (Å²) in [5, 5.41) is 12.5. The minimum Gasteiger partial charge on any atom is -0.463 e. The second-order valence-electron chi connectivity index (χ2n) is 19.0. The molecule has 6 heteroatoms. The molecule has 0 bridgehead atoms. The van der Waals surface area contributed by atoms with Crippen molar-refractivity contribution in [2.24, 2.45) is 23.7 Å². The van der Waals surface area contributed by atoms with E-state index in [1.807, 2.05) is 13.0 Å². The van der Waals surface area contributed by atoms with Gasteiger partial charge in [0.25, 0.3) is 0 Å². The number of fused-ring (bicyclic) bond motifs is 3. The van der Waals surface area contributed by atoms with Gasteiger partial charge in [-0.2, -0.15) is 0 Å². The van der Waals surface area contributed by atoms with Crippen LogP contribution in [0, 0.1) is 30.6 Å². The molecule has 70 heavy (non-hydrogen) atoms. The zero-order valence-corrected chi connectivity index (χ0v) is 41.9. The molecule has 2 aliphatic carbocycles. The number of hydrogen-bond acceptors (Lipinski definition) is 4. The molecule has 8 aromatic rings. The third kappa shape index (κ3) is 10.4.